The number of nitrogens with zero attached hydrogens (tertiary/aromatic N) is 3. The minimum Gasteiger partial charge on any atom is -0.490 e. The third kappa shape index (κ3) is 7.68. The summed E-state index contributed by atoms with van der Waals surface area (Å²) in [5.41, 5.74) is 3.45. The molecule has 1 spiro atoms. The molecular weight excluding hydrogens is 688 g/mol. The maximum absolute atomic E-state index is 14.6. The first-order valence-electron chi connectivity index (χ1n) is 18.4. The lowest BCUT2D eigenvalue weighted by atomic mass is 9.68. The number of fused-ring (bicyclic) bond motifs is 4. The summed E-state index contributed by atoms with van der Waals surface area (Å²) in [6, 6.07) is 11.2. The average molecular weight is 739 g/mol. The molecule has 3 aliphatic heterocycles. The van der Waals surface area contributed by atoms with E-state index in [-0.39, 0.29) is 29.1 Å². The molecule has 51 heavy (non-hydrogen) atoms. The standard InChI is InChI=1S/C39H51ClN4O6S/c1-26-6-4-8-35(49-3)32-12-9-30(32)21-44-24-39(16-5-7-28-18-31(40)11-13-33(28)39)25-50-36-14-10-29(19-34(36)44)37(45)41-51(47,23-26)42-38(46)43-17-15-27(20-43)22-48-2/h4,8,10-11,13-14,18-19,26-27,30,32,35H,5-7,9,12,15-17,20-25H2,1-3H3,(H,41,42,45,46,47)/b8-4+/t26-,27+,30-,32+,35-,39-,51?/m0/s1. The van der Waals surface area contributed by atoms with Gasteiger partial charge >= 0.3 is 6.03 Å². The number of ether oxygens (including phenoxy) is 3. The van der Waals surface area contributed by atoms with Crippen LogP contribution in [0.2, 0.25) is 5.02 Å². The number of hydrogen-bond donors (Lipinski definition) is 1. The fraction of sp³-hybridized carbons (Fsp3) is 0.590. The van der Waals surface area contributed by atoms with Gasteiger partial charge in [-0.2, -0.15) is 0 Å². The Morgan fingerprint density at radius 2 is 2.02 bits per heavy atom. The lowest BCUT2D eigenvalue weighted by Gasteiger charge is -2.46. The number of rotatable bonds is 4. The Balaban J connectivity index is 1.26. The van der Waals surface area contributed by atoms with Crippen molar-refractivity contribution in [2.75, 3.05) is 64.3 Å². The molecular formula is C39H51ClN4O6S. The van der Waals surface area contributed by atoms with E-state index in [9.17, 15) is 13.8 Å². The summed E-state index contributed by atoms with van der Waals surface area (Å²) in [6.07, 6.45) is 10.8. The van der Waals surface area contributed by atoms with Crippen LogP contribution in [-0.4, -0.2) is 86.5 Å². The van der Waals surface area contributed by atoms with E-state index >= 15 is 0 Å². The molecule has 5 aliphatic rings. The van der Waals surface area contributed by atoms with Crippen molar-refractivity contribution < 1.29 is 28.0 Å². The highest BCUT2D eigenvalue weighted by Crippen LogP contribution is 2.47. The zero-order valence-corrected chi connectivity index (χ0v) is 31.6. The minimum absolute atomic E-state index is 0.0417. The predicted molar refractivity (Wildman–Crippen MR) is 200 cm³/mol. The lowest BCUT2D eigenvalue weighted by Crippen LogP contribution is -2.49. The molecule has 1 unspecified atom stereocenters. The quantitative estimate of drug-likeness (QED) is 0.350. The van der Waals surface area contributed by atoms with E-state index in [0.717, 1.165) is 62.3 Å². The monoisotopic (exact) mass is 738 g/mol. The summed E-state index contributed by atoms with van der Waals surface area (Å²) in [5, 5.41) is 0.745. The predicted octanol–water partition coefficient (Wildman–Crippen LogP) is 6.65. The van der Waals surface area contributed by atoms with Gasteiger partial charge in [0, 0.05) is 62.3 Å². The van der Waals surface area contributed by atoms with Crippen molar-refractivity contribution in [2.45, 2.75) is 63.4 Å². The normalized spacial score (nSPS) is 32.9. The van der Waals surface area contributed by atoms with Crippen molar-refractivity contribution in [1.82, 2.24) is 9.62 Å². The van der Waals surface area contributed by atoms with Gasteiger partial charge in [-0.15, -0.1) is 4.36 Å². The molecule has 2 aromatic rings. The van der Waals surface area contributed by atoms with E-state index in [1.165, 1.54) is 11.1 Å². The lowest BCUT2D eigenvalue weighted by molar-refractivity contribution is 0.0131. The van der Waals surface area contributed by atoms with Crippen LogP contribution in [0.25, 0.3) is 0 Å². The van der Waals surface area contributed by atoms with Crippen molar-refractivity contribution >= 4 is 39.1 Å². The van der Waals surface area contributed by atoms with Gasteiger partial charge in [-0.1, -0.05) is 36.7 Å². The molecule has 1 saturated heterocycles. The Labute approximate surface area is 307 Å². The molecule has 12 heteroatoms. The number of hydrogen-bond acceptors (Lipinski definition) is 7. The van der Waals surface area contributed by atoms with Gasteiger partial charge in [-0.3, -0.25) is 9.52 Å². The Morgan fingerprint density at radius 3 is 2.80 bits per heavy atom. The number of methoxy groups -OCH3 is 2. The van der Waals surface area contributed by atoms with Gasteiger partial charge in [-0.05, 0) is 104 Å². The van der Waals surface area contributed by atoms with Crippen LogP contribution in [0.4, 0.5) is 10.5 Å². The number of carbonyl (C=O) groups is 2. The number of urea groups is 1. The van der Waals surface area contributed by atoms with Crippen LogP contribution >= 0.6 is 11.6 Å². The molecule has 0 radical (unpaired) electrons. The molecule has 3 amide bonds. The Bertz CT molecular complexity index is 1790. The second-order valence-electron chi connectivity index (χ2n) is 15.4. The summed E-state index contributed by atoms with van der Waals surface area (Å²) in [7, 11) is -0.0565. The summed E-state index contributed by atoms with van der Waals surface area (Å²) in [6.45, 7) is 5.59. The third-order valence-corrected chi connectivity index (χ3v) is 13.9. The van der Waals surface area contributed by atoms with E-state index in [1.807, 2.05) is 25.1 Å². The molecule has 7 rings (SSSR count). The number of amides is 3. The topological polar surface area (TPSA) is 110 Å². The molecule has 1 N–H and O–H groups in total. The van der Waals surface area contributed by atoms with Gasteiger partial charge in [0.2, 0.25) is 0 Å². The van der Waals surface area contributed by atoms with Crippen LogP contribution in [0.5, 0.6) is 5.75 Å². The highest BCUT2D eigenvalue weighted by atomic mass is 35.5. The highest BCUT2D eigenvalue weighted by Gasteiger charge is 2.44. The molecule has 7 atom stereocenters. The molecule has 10 nitrogen and oxygen atoms in total. The largest absolute Gasteiger partial charge is 0.490 e. The smallest absolute Gasteiger partial charge is 0.329 e. The van der Waals surface area contributed by atoms with Gasteiger partial charge in [0.15, 0.2) is 0 Å². The summed E-state index contributed by atoms with van der Waals surface area (Å²) >= 11 is 6.46. The summed E-state index contributed by atoms with van der Waals surface area (Å²) in [5.74, 6) is 0.981. The van der Waals surface area contributed by atoms with Crippen molar-refractivity contribution in [3.05, 3.63) is 70.3 Å². The van der Waals surface area contributed by atoms with E-state index in [4.69, 9.17) is 25.8 Å². The maximum Gasteiger partial charge on any atom is 0.329 e. The third-order valence-electron chi connectivity index (χ3n) is 11.7. The Kier molecular flexibility index (Phi) is 10.7. The first-order valence-corrected chi connectivity index (χ1v) is 20.5. The van der Waals surface area contributed by atoms with Crippen LogP contribution in [0.15, 0.2) is 52.9 Å². The van der Waals surface area contributed by atoms with E-state index in [0.29, 0.717) is 55.9 Å². The SMILES string of the molecule is COC[C@@H]1CCN(C(=O)NS2(=O)=NC(=O)c3ccc4c(c3)N(C[C@@H]3CC[C@H]3[C@@H](OC)/C=C/C[C@H](C)C2)C[C@@]2(CCCc3cc(Cl)ccc32)CO4)C1. The fourth-order valence-electron chi connectivity index (χ4n) is 8.96. The summed E-state index contributed by atoms with van der Waals surface area (Å²) in [4.78, 5) is 31.5. The van der Waals surface area contributed by atoms with Gasteiger partial charge in [0.05, 0.1) is 30.8 Å². The molecule has 0 aromatic heterocycles. The highest BCUT2D eigenvalue weighted by molar-refractivity contribution is 7.92. The van der Waals surface area contributed by atoms with Gasteiger partial charge < -0.3 is 24.0 Å². The maximum atomic E-state index is 14.6. The van der Waals surface area contributed by atoms with E-state index in [1.54, 1.807) is 25.2 Å². The number of likely N-dealkylation sites (tertiary alicyclic amines) is 1. The van der Waals surface area contributed by atoms with E-state index < -0.39 is 21.9 Å². The average Bonchev–Trinajstić information content (AvgIpc) is 3.50. The van der Waals surface area contributed by atoms with Crippen molar-refractivity contribution in [2.24, 2.45) is 28.0 Å². The van der Waals surface area contributed by atoms with Crippen LogP contribution in [-0.2, 0) is 31.2 Å². The molecule has 2 aliphatic carbocycles. The zero-order valence-electron chi connectivity index (χ0n) is 30.0. The number of nitrogens with one attached hydrogen (secondary N) is 1. The number of anilines is 1. The molecule has 3 heterocycles. The van der Waals surface area contributed by atoms with Gasteiger partial charge in [-0.25, -0.2) is 9.00 Å². The van der Waals surface area contributed by atoms with E-state index in [2.05, 4.69) is 38.3 Å². The number of halogens is 1. The Morgan fingerprint density at radius 1 is 1.16 bits per heavy atom. The molecule has 2 fully saturated rings. The molecule has 276 valence electrons. The summed E-state index contributed by atoms with van der Waals surface area (Å²) < 4.78 is 39.6. The first-order chi connectivity index (χ1) is 24.6. The Hall–Kier alpha value is -3.12. The van der Waals surface area contributed by atoms with Crippen molar-refractivity contribution in [3.63, 3.8) is 0 Å². The number of benzene rings is 2. The first kappa shape index (κ1) is 36.2. The van der Waals surface area contributed by atoms with Crippen molar-refractivity contribution in [3.8, 4) is 5.75 Å². The fourth-order valence-corrected chi connectivity index (χ4v) is 11.0. The van der Waals surface area contributed by atoms with Crippen LogP contribution in [0.1, 0.15) is 66.9 Å². The van der Waals surface area contributed by atoms with Gasteiger partial charge in [0.1, 0.15) is 15.7 Å². The number of allylic oxidation sites excluding steroid dienone is 1. The van der Waals surface area contributed by atoms with Crippen LogP contribution in [0.3, 0.4) is 0 Å². The van der Waals surface area contributed by atoms with Crippen LogP contribution in [0, 0.1) is 23.7 Å². The van der Waals surface area contributed by atoms with Crippen molar-refractivity contribution in [1.29, 1.82) is 0 Å². The number of carbonyl (C=O) groups excluding carboxylic acids is 2. The molecule has 1 saturated carbocycles. The molecule has 2 bridgehead atoms. The zero-order chi connectivity index (χ0) is 35.8. The minimum atomic E-state index is -3.48. The second kappa shape index (κ2) is 15.1. The second-order valence-corrected chi connectivity index (χ2v) is 17.9. The molecule has 2 aromatic carbocycles. The number of aryl methyl sites for hydroxylation is 1. The van der Waals surface area contributed by atoms with Crippen LogP contribution < -0.4 is 14.4 Å². The van der Waals surface area contributed by atoms with Gasteiger partial charge in [0.25, 0.3) is 5.91 Å².